The van der Waals surface area contributed by atoms with Crippen molar-refractivity contribution in [1.29, 1.82) is 5.26 Å². The number of nitrogens with zero attached hydrogens (tertiary/aromatic N) is 1. The van der Waals surface area contributed by atoms with Gasteiger partial charge in [0.15, 0.2) is 17.8 Å². The van der Waals surface area contributed by atoms with E-state index in [9.17, 15) is 35.2 Å². The Balaban J connectivity index is 2.01. The van der Waals surface area contributed by atoms with Crippen molar-refractivity contribution in [3.63, 3.8) is 0 Å². The van der Waals surface area contributed by atoms with Gasteiger partial charge in [-0.3, -0.25) is 4.79 Å². The number of alkyl halides is 3. The monoisotopic (exact) mass is 535 g/mol. The maximum atomic E-state index is 14.3. The summed E-state index contributed by atoms with van der Waals surface area (Å²) < 4.78 is 97.8. The lowest BCUT2D eigenvalue weighted by Crippen LogP contribution is -2.37. The van der Waals surface area contributed by atoms with Crippen LogP contribution in [-0.4, -0.2) is 37.6 Å². The molecule has 3 rings (SSSR count). The zero-order chi connectivity index (χ0) is 26.2. The van der Waals surface area contributed by atoms with Crippen LogP contribution in [0.1, 0.15) is 24.8 Å². The number of amides is 1. The van der Waals surface area contributed by atoms with Gasteiger partial charge in [-0.05, 0) is 37.6 Å². The number of nitrogens with one attached hydrogen (secondary N) is 2. The van der Waals surface area contributed by atoms with Crippen molar-refractivity contribution < 1.29 is 39.9 Å². The average molecular weight is 536 g/mol. The van der Waals surface area contributed by atoms with Crippen LogP contribution in [0.3, 0.4) is 0 Å². The molecule has 1 heterocycles. The molecule has 3 unspecified atom stereocenters. The zero-order valence-electron chi connectivity index (χ0n) is 18.1. The second-order valence-corrected chi connectivity index (χ2v) is 11.1. The molecule has 1 aliphatic rings. The van der Waals surface area contributed by atoms with Crippen molar-refractivity contribution in [2.24, 2.45) is 0 Å². The lowest BCUT2D eigenvalue weighted by Gasteiger charge is -2.26. The highest BCUT2D eigenvalue weighted by molar-refractivity contribution is 8.02. The van der Waals surface area contributed by atoms with Gasteiger partial charge >= 0.3 is 6.18 Å². The Hall–Kier alpha value is -3.05. The van der Waals surface area contributed by atoms with Crippen LogP contribution in [0.5, 0.6) is 5.75 Å². The summed E-state index contributed by atoms with van der Waals surface area (Å²) in [5, 5.41) is 9.55. The minimum atomic E-state index is -4.73. The van der Waals surface area contributed by atoms with Crippen molar-refractivity contribution >= 4 is 33.4 Å². The zero-order valence-corrected chi connectivity index (χ0v) is 19.7. The maximum absolute atomic E-state index is 14.3. The number of benzene rings is 2. The van der Waals surface area contributed by atoms with E-state index in [1.165, 1.54) is 18.3 Å². The summed E-state index contributed by atoms with van der Waals surface area (Å²) in [6.07, 6.45) is -4.08. The third-order valence-corrected chi connectivity index (χ3v) is 8.45. The number of thioether (sulfide) groups is 1. The Kier molecular flexibility index (Phi) is 7.24. The lowest BCUT2D eigenvalue weighted by molar-refractivity contribution is -0.155. The second kappa shape index (κ2) is 9.54. The molecular formula is C21H18F5N3O4S2. The van der Waals surface area contributed by atoms with Crippen LogP contribution in [0.25, 0.3) is 0 Å². The van der Waals surface area contributed by atoms with Gasteiger partial charge in [-0.25, -0.2) is 17.5 Å². The number of hydrogen-bond acceptors (Lipinski definition) is 6. The summed E-state index contributed by atoms with van der Waals surface area (Å²) in [7, 11) is -3.18. The van der Waals surface area contributed by atoms with Crippen LogP contribution in [0.2, 0.25) is 0 Å². The van der Waals surface area contributed by atoms with Crippen molar-refractivity contribution in [3.8, 4) is 11.9 Å². The van der Waals surface area contributed by atoms with E-state index in [-0.39, 0.29) is 16.1 Å². The first kappa shape index (κ1) is 26.6. The number of rotatable bonds is 6. The Morgan fingerprint density at radius 3 is 2.54 bits per heavy atom. The predicted molar refractivity (Wildman–Crippen MR) is 117 cm³/mol. The molecule has 35 heavy (non-hydrogen) atoms. The average Bonchev–Trinajstić information content (AvgIpc) is 3.15. The molecule has 2 aromatic rings. The number of sulfonamides is 1. The molecule has 0 saturated carbocycles. The normalized spacial score (nSPS) is 22.3. The molecule has 1 saturated heterocycles. The van der Waals surface area contributed by atoms with E-state index >= 15 is 0 Å². The van der Waals surface area contributed by atoms with Crippen LogP contribution >= 0.6 is 11.8 Å². The van der Waals surface area contributed by atoms with Gasteiger partial charge in [0.2, 0.25) is 11.7 Å². The lowest BCUT2D eigenvalue weighted by atomic mass is 9.85. The molecule has 0 radical (unpaired) electrons. The fourth-order valence-electron chi connectivity index (χ4n) is 3.75. The van der Waals surface area contributed by atoms with Gasteiger partial charge in [0.25, 0.3) is 10.0 Å². The summed E-state index contributed by atoms with van der Waals surface area (Å²) in [6.45, 7) is 0.908. The number of hydrogen-bond donors (Lipinski definition) is 2. The molecule has 2 N–H and O–H groups in total. The number of halogens is 5. The molecule has 1 aliphatic heterocycles. The smallest absolute Gasteiger partial charge is 0.403 e. The minimum Gasteiger partial charge on any atom is -0.493 e. The van der Waals surface area contributed by atoms with Gasteiger partial charge < -0.3 is 10.1 Å². The summed E-state index contributed by atoms with van der Waals surface area (Å²) in [5.74, 6) is -5.39. The van der Waals surface area contributed by atoms with Crippen molar-refractivity contribution in [2.45, 2.75) is 40.3 Å². The molecule has 1 amide bonds. The molecule has 14 heteroatoms. The van der Waals surface area contributed by atoms with E-state index in [2.05, 4.69) is 5.32 Å². The molecule has 0 bridgehead atoms. The van der Waals surface area contributed by atoms with E-state index in [1.54, 1.807) is 4.72 Å². The van der Waals surface area contributed by atoms with Gasteiger partial charge in [0.05, 0.1) is 17.3 Å². The number of methoxy groups -OCH3 is 1. The predicted octanol–water partition coefficient (Wildman–Crippen LogP) is 4.28. The van der Waals surface area contributed by atoms with Crippen LogP contribution in [-0.2, 0) is 14.8 Å². The Labute approximate surface area is 201 Å². The molecule has 188 valence electrons. The molecule has 0 aromatic heterocycles. The van der Waals surface area contributed by atoms with E-state index in [0.717, 1.165) is 38.3 Å². The SMILES string of the molecule is COc1c(C2CC(C)(C(F)(F)F)SC2C(=O)Nc2cccc(S(=O)(=O)NC#N)c2)ccc(F)c1F. The Bertz CT molecular complexity index is 1300. The first-order chi connectivity index (χ1) is 16.2. The van der Waals surface area contributed by atoms with Crippen molar-refractivity contribution in [3.05, 3.63) is 53.6 Å². The largest absolute Gasteiger partial charge is 0.493 e. The second-order valence-electron chi connectivity index (χ2n) is 7.80. The van der Waals surface area contributed by atoms with Crippen molar-refractivity contribution in [1.82, 2.24) is 4.72 Å². The van der Waals surface area contributed by atoms with Crippen LogP contribution in [0, 0.1) is 23.1 Å². The molecular weight excluding hydrogens is 517 g/mol. The van der Waals surface area contributed by atoms with Gasteiger partial charge in [-0.15, -0.1) is 11.8 Å². The van der Waals surface area contributed by atoms with Crippen LogP contribution in [0.4, 0.5) is 27.6 Å². The number of ether oxygens (including phenoxy) is 1. The molecule has 2 aromatic carbocycles. The van der Waals surface area contributed by atoms with Gasteiger partial charge in [0, 0.05) is 17.2 Å². The maximum Gasteiger partial charge on any atom is 0.403 e. The first-order valence-electron chi connectivity index (χ1n) is 9.82. The third-order valence-electron chi connectivity index (χ3n) is 5.50. The minimum absolute atomic E-state index is 0.0620. The van der Waals surface area contributed by atoms with Crippen LogP contribution in [0.15, 0.2) is 41.3 Å². The molecule has 1 fully saturated rings. The number of anilines is 1. The quantitative estimate of drug-likeness (QED) is 0.325. The number of carbonyl (C=O) groups excluding carboxylic acids is 1. The summed E-state index contributed by atoms with van der Waals surface area (Å²) in [4.78, 5) is 12.8. The summed E-state index contributed by atoms with van der Waals surface area (Å²) in [5.41, 5.74) is -0.172. The Morgan fingerprint density at radius 2 is 1.94 bits per heavy atom. The fourth-order valence-corrected chi connectivity index (χ4v) is 6.07. The highest BCUT2D eigenvalue weighted by atomic mass is 32.2. The summed E-state index contributed by atoms with van der Waals surface area (Å²) >= 11 is 0.315. The topological polar surface area (TPSA) is 108 Å². The summed E-state index contributed by atoms with van der Waals surface area (Å²) in [6, 6.07) is 6.55. The molecule has 7 nitrogen and oxygen atoms in total. The molecule has 0 aliphatic carbocycles. The molecule has 0 spiro atoms. The van der Waals surface area contributed by atoms with E-state index in [4.69, 9.17) is 10.00 Å². The molecule has 3 atom stereocenters. The van der Waals surface area contributed by atoms with E-state index in [1.807, 2.05) is 0 Å². The van der Waals surface area contributed by atoms with Crippen LogP contribution < -0.4 is 14.8 Å². The van der Waals surface area contributed by atoms with Gasteiger partial charge in [-0.2, -0.15) is 22.8 Å². The number of nitriles is 1. The highest BCUT2D eigenvalue weighted by Gasteiger charge is 2.60. The van der Waals surface area contributed by atoms with Gasteiger partial charge in [-0.1, -0.05) is 12.1 Å². The van der Waals surface area contributed by atoms with Gasteiger partial charge in [0.1, 0.15) is 4.75 Å². The van der Waals surface area contributed by atoms with Crippen molar-refractivity contribution in [2.75, 3.05) is 12.4 Å². The van der Waals surface area contributed by atoms with E-state index in [0.29, 0.717) is 11.8 Å². The highest BCUT2D eigenvalue weighted by Crippen LogP contribution is 2.59. The first-order valence-corrected chi connectivity index (χ1v) is 12.2. The number of carbonyl (C=O) groups is 1. The standard InChI is InChI=1S/C21H18F5N3O4S2/c1-20(21(24,25)26)9-14(13-6-7-15(22)16(23)17(13)33-2)18(34-20)19(30)29-11-4-3-5-12(8-11)35(31,32)28-10-27/h3-8,14,18,28H,9H2,1-2H3,(H,29,30). The third kappa shape index (κ3) is 5.15. The van der Waals surface area contributed by atoms with E-state index < -0.39 is 61.8 Å². The fraction of sp³-hybridized carbons (Fsp3) is 0.333. The Morgan fingerprint density at radius 1 is 1.26 bits per heavy atom.